The molecule has 1 amide bonds. The third kappa shape index (κ3) is 2.71. The maximum absolute atomic E-state index is 12.0. The highest BCUT2D eigenvalue weighted by atomic mass is 79.9. The molecule has 1 fully saturated rings. The molecular weight excluding hydrogens is 290 g/mol. The zero-order valence-electron chi connectivity index (χ0n) is 8.69. The normalized spacial score (nSPS) is 17.4. The fraction of sp³-hybridized carbons (Fsp3) is 0.364. The van der Waals surface area contributed by atoms with Crippen LogP contribution in [-0.2, 0) is 10.8 Å². The van der Waals surface area contributed by atoms with Crippen LogP contribution in [0.25, 0.3) is 0 Å². The largest absolute Gasteiger partial charge is 0.337 e. The Labute approximate surface area is 105 Å². The summed E-state index contributed by atoms with van der Waals surface area (Å²) in [6.07, 6.45) is 0. The molecule has 1 heterocycles. The molecule has 1 saturated heterocycles. The highest BCUT2D eigenvalue weighted by Crippen LogP contribution is 2.13. The topological polar surface area (TPSA) is 37.4 Å². The highest BCUT2D eigenvalue weighted by molar-refractivity contribution is 9.10. The predicted octanol–water partition coefficient (Wildman–Crippen LogP) is 1.65. The summed E-state index contributed by atoms with van der Waals surface area (Å²) in [6.45, 7) is 1.20. The summed E-state index contributed by atoms with van der Waals surface area (Å²) < 4.78 is 12.1. The van der Waals surface area contributed by atoms with Gasteiger partial charge < -0.3 is 4.90 Å². The molecule has 0 aromatic heterocycles. The fourth-order valence-corrected chi connectivity index (χ4v) is 2.93. The molecule has 2 rings (SSSR count). The van der Waals surface area contributed by atoms with Crippen molar-refractivity contribution in [1.29, 1.82) is 0 Å². The van der Waals surface area contributed by atoms with Crippen molar-refractivity contribution in [1.82, 2.24) is 4.90 Å². The molecule has 16 heavy (non-hydrogen) atoms. The second-order valence-corrected chi connectivity index (χ2v) is 6.26. The van der Waals surface area contributed by atoms with E-state index < -0.39 is 10.8 Å². The Kier molecular flexibility index (Phi) is 3.76. The van der Waals surface area contributed by atoms with Crippen LogP contribution in [0.3, 0.4) is 0 Å². The number of hydrogen-bond acceptors (Lipinski definition) is 2. The van der Waals surface area contributed by atoms with Gasteiger partial charge in [0.25, 0.3) is 5.91 Å². The molecule has 5 heteroatoms. The maximum Gasteiger partial charge on any atom is 0.253 e. The van der Waals surface area contributed by atoms with E-state index in [9.17, 15) is 9.00 Å². The Bertz CT molecular complexity index is 408. The number of nitrogens with zero attached hydrogens (tertiary/aromatic N) is 1. The number of carbonyl (C=O) groups is 1. The van der Waals surface area contributed by atoms with E-state index in [1.54, 1.807) is 17.0 Å². The summed E-state index contributed by atoms with van der Waals surface area (Å²) >= 11 is 3.33. The quantitative estimate of drug-likeness (QED) is 0.791. The van der Waals surface area contributed by atoms with Crippen LogP contribution in [0.1, 0.15) is 10.4 Å². The van der Waals surface area contributed by atoms with E-state index in [0.29, 0.717) is 30.2 Å². The molecule has 3 nitrogen and oxygen atoms in total. The first-order valence-electron chi connectivity index (χ1n) is 5.06. The number of rotatable bonds is 1. The minimum Gasteiger partial charge on any atom is -0.337 e. The minimum atomic E-state index is -0.739. The van der Waals surface area contributed by atoms with Gasteiger partial charge in [0.1, 0.15) is 0 Å². The number of carbonyl (C=O) groups excluding carboxylic acids is 1. The van der Waals surface area contributed by atoms with Gasteiger partial charge >= 0.3 is 0 Å². The van der Waals surface area contributed by atoms with Gasteiger partial charge in [-0.1, -0.05) is 15.9 Å². The van der Waals surface area contributed by atoms with Crippen LogP contribution in [0.5, 0.6) is 0 Å². The second kappa shape index (κ2) is 5.10. The number of hydrogen-bond donors (Lipinski definition) is 0. The summed E-state index contributed by atoms with van der Waals surface area (Å²) in [6, 6.07) is 7.32. The molecule has 0 N–H and O–H groups in total. The molecule has 1 aliphatic heterocycles. The average Bonchev–Trinajstić information content (AvgIpc) is 2.30. The molecule has 0 aliphatic carbocycles. The molecule has 0 atom stereocenters. The van der Waals surface area contributed by atoms with Crippen LogP contribution in [-0.4, -0.2) is 39.6 Å². The van der Waals surface area contributed by atoms with Crippen molar-refractivity contribution in [2.75, 3.05) is 24.6 Å². The van der Waals surface area contributed by atoms with E-state index in [-0.39, 0.29) is 5.91 Å². The minimum absolute atomic E-state index is 0.0317. The Morgan fingerprint density at radius 3 is 2.31 bits per heavy atom. The van der Waals surface area contributed by atoms with Gasteiger partial charge in [-0.2, -0.15) is 0 Å². The molecule has 0 spiro atoms. The lowest BCUT2D eigenvalue weighted by molar-refractivity contribution is 0.0771. The molecule has 1 aromatic carbocycles. The van der Waals surface area contributed by atoms with E-state index in [0.717, 1.165) is 4.47 Å². The van der Waals surface area contributed by atoms with Crippen LogP contribution >= 0.6 is 15.9 Å². The highest BCUT2D eigenvalue weighted by Gasteiger charge is 2.20. The van der Waals surface area contributed by atoms with Crippen molar-refractivity contribution >= 4 is 32.6 Å². The predicted molar refractivity (Wildman–Crippen MR) is 67.9 cm³/mol. The molecular formula is C11H12BrNO2S. The van der Waals surface area contributed by atoms with Gasteiger partial charge in [-0.15, -0.1) is 0 Å². The van der Waals surface area contributed by atoms with E-state index in [1.165, 1.54) is 0 Å². The first kappa shape index (κ1) is 11.8. The van der Waals surface area contributed by atoms with Crippen molar-refractivity contribution in [3.63, 3.8) is 0 Å². The summed E-state index contributed by atoms with van der Waals surface area (Å²) in [5, 5.41) is 0. The summed E-state index contributed by atoms with van der Waals surface area (Å²) in [7, 11) is -0.739. The lowest BCUT2D eigenvalue weighted by Gasteiger charge is -2.26. The van der Waals surface area contributed by atoms with Gasteiger partial charge in [-0.25, -0.2) is 0 Å². The third-order valence-electron chi connectivity index (χ3n) is 2.56. The zero-order chi connectivity index (χ0) is 11.5. The van der Waals surface area contributed by atoms with Gasteiger partial charge in [0.05, 0.1) is 0 Å². The second-order valence-electron chi connectivity index (χ2n) is 3.65. The maximum atomic E-state index is 12.0. The number of benzene rings is 1. The Hall–Kier alpha value is -0.680. The summed E-state index contributed by atoms with van der Waals surface area (Å²) in [5.74, 6) is 1.23. The van der Waals surface area contributed by atoms with Crippen LogP contribution in [0, 0.1) is 0 Å². The Morgan fingerprint density at radius 1 is 1.19 bits per heavy atom. The van der Waals surface area contributed by atoms with Crippen LogP contribution in [0.4, 0.5) is 0 Å². The van der Waals surface area contributed by atoms with Gasteiger partial charge in [-0.05, 0) is 24.3 Å². The molecule has 1 aliphatic rings. The van der Waals surface area contributed by atoms with E-state index in [2.05, 4.69) is 15.9 Å². The van der Waals surface area contributed by atoms with Gasteiger partial charge in [0.2, 0.25) is 0 Å². The summed E-state index contributed by atoms with van der Waals surface area (Å²) in [5.41, 5.74) is 0.691. The lowest BCUT2D eigenvalue weighted by Crippen LogP contribution is -2.41. The van der Waals surface area contributed by atoms with Gasteiger partial charge in [-0.3, -0.25) is 9.00 Å². The van der Waals surface area contributed by atoms with Crippen LogP contribution in [0.15, 0.2) is 28.7 Å². The molecule has 0 radical (unpaired) electrons. The van der Waals surface area contributed by atoms with Crippen molar-refractivity contribution in [2.24, 2.45) is 0 Å². The number of halogens is 1. The Morgan fingerprint density at radius 2 is 1.75 bits per heavy atom. The van der Waals surface area contributed by atoms with Crippen molar-refractivity contribution in [2.45, 2.75) is 0 Å². The number of amides is 1. The van der Waals surface area contributed by atoms with Crippen LogP contribution in [0.2, 0.25) is 0 Å². The molecule has 0 bridgehead atoms. The van der Waals surface area contributed by atoms with Gasteiger partial charge in [0.15, 0.2) is 0 Å². The lowest BCUT2D eigenvalue weighted by atomic mass is 10.2. The summed E-state index contributed by atoms with van der Waals surface area (Å²) in [4.78, 5) is 13.8. The first-order chi connectivity index (χ1) is 7.66. The standard InChI is InChI=1S/C11H12BrNO2S/c12-10-3-1-9(2-4-10)11(14)13-5-7-16(15)8-6-13/h1-4H,5-8H2. The molecule has 1 aromatic rings. The monoisotopic (exact) mass is 301 g/mol. The van der Waals surface area contributed by atoms with Crippen LogP contribution < -0.4 is 0 Å². The van der Waals surface area contributed by atoms with E-state index >= 15 is 0 Å². The first-order valence-corrected chi connectivity index (χ1v) is 7.35. The smallest absolute Gasteiger partial charge is 0.253 e. The van der Waals surface area contributed by atoms with Gasteiger partial charge in [0, 0.05) is 45.4 Å². The SMILES string of the molecule is O=C(c1ccc(Br)cc1)N1CCS(=O)CC1. The van der Waals surface area contributed by atoms with E-state index in [4.69, 9.17) is 0 Å². The van der Waals surface area contributed by atoms with Crippen molar-refractivity contribution in [3.8, 4) is 0 Å². The zero-order valence-corrected chi connectivity index (χ0v) is 11.1. The average molecular weight is 302 g/mol. The van der Waals surface area contributed by atoms with E-state index in [1.807, 2.05) is 12.1 Å². The third-order valence-corrected chi connectivity index (χ3v) is 4.36. The van der Waals surface area contributed by atoms with Crippen molar-refractivity contribution < 1.29 is 9.00 Å². The molecule has 86 valence electrons. The molecule has 0 unspecified atom stereocenters. The Balaban J connectivity index is 2.07. The fourth-order valence-electron chi connectivity index (χ4n) is 1.62. The molecule has 0 saturated carbocycles. The van der Waals surface area contributed by atoms with Crippen molar-refractivity contribution in [3.05, 3.63) is 34.3 Å².